The van der Waals surface area contributed by atoms with Crippen LogP contribution >= 0.6 is 0 Å². The maximum absolute atomic E-state index is 11.2. The van der Waals surface area contributed by atoms with Gasteiger partial charge in [0.05, 0.1) is 6.57 Å². The van der Waals surface area contributed by atoms with E-state index in [1.807, 2.05) is 0 Å². The van der Waals surface area contributed by atoms with Gasteiger partial charge in [0.1, 0.15) is 0 Å². The molecule has 0 saturated heterocycles. The van der Waals surface area contributed by atoms with Gasteiger partial charge in [0, 0.05) is 12.6 Å². The average molecular weight is 354 g/mol. The lowest BCUT2D eigenvalue weighted by Gasteiger charge is -2.05. The monoisotopic (exact) mass is 354 g/mol. The molecule has 1 rings (SSSR count). The van der Waals surface area contributed by atoms with Crippen molar-refractivity contribution in [3.63, 3.8) is 0 Å². The van der Waals surface area contributed by atoms with Gasteiger partial charge in [0.2, 0.25) is 5.91 Å². The number of nitrogens with one attached hydrogen (secondary N) is 1. The van der Waals surface area contributed by atoms with Crippen LogP contribution in [0.4, 0.5) is 37.7 Å². The molecule has 0 radical (unpaired) electrons. The highest BCUT2D eigenvalue weighted by Gasteiger charge is 2.54. The number of nitrogens with zero attached hydrogens (tertiary/aromatic N) is 1. The number of alkyl halides is 6. The lowest BCUT2D eigenvalue weighted by Crippen LogP contribution is -2.39. The normalized spacial score (nSPS) is 10.8. The van der Waals surface area contributed by atoms with Gasteiger partial charge in [0.15, 0.2) is 5.69 Å². The summed E-state index contributed by atoms with van der Waals surface area (Å²) < 4.78 is 67.0. The molecule has 0 aliphatic rings. The second-order valence-electron chi connectivity index (χ2n) is 3.99. The van der Waals surface area contributed by atoms with Crippen LogP contribution in [-0.4, -0.2) is 29.8 Å². The molecule has 0 unspecified atom stereocenters. The highest BCUT2D eigenvalue weighted by Crippen LogP contribution is 2.24. The highest BCUT2D eigenvalue weighted by atomic mass is 19.4. The van der Waals surface area contributed by atoms with Crippen molar-refractivity contribution in [2.24, 2.45) is 0 Å². The molecule has 24 heavy (non-hydrogen) atoms. The number of halogens is 6. The smallest absolute Gasteiger partial charge is 0.326 e. The fourth-order valence-corrected chi connectivity index (χ4v) is 1.08. The lowest BCUT2D eigenvalue weighted by atomic mass is 10.2. The standard InChI is InChI=1S/C9H8N2O.C4F6O2/c1-7(12)11-9-5-3-8(10-2)4-6-9;5-3(6,7)1(11)2(12)4(8,9)10/h3-6H,1H3,(H,11,12);. The predicted molar refractivity (Wildman–Crippen MR) is 69.1 cm³/mol. The molecule has 130 valence electrons. The second-order valence-corrected chi connectivity index (χ2v) is 3.99. The fourth-order valence-electron chi connectivity index (χ4n) is 1.08. The SMILES string of the molecule is O=C(C(=O)C(F)(F)F)C(F)(F)F.[C-]#[N+]c1ccc(NC(C)=O)cc1. The van der Waals surface area contributed by atoms with Crippen molar-refractivity contribution in [3.8, 4) is 0 Å². The maximum atomic E-state index is 11.2. The van der Waals surface area contributed by atoms with Gasteiger partial charge in [-0.25, -0.2) is 4.85 Å². The molecule has 0 bridgehead atoms. The van der Waals surface area contributed by atoms with E-state index in [1.165, 1.54) is 6.92 Å². The van der Waals surface area contributed by atoms with Gasteiger partial charge in [-0.15, -0.1) is 0 Å². The Morgan fingerprint density at radius 3 is 1.54 bits per heavy atom. The molecule has 11 heteroatoms. The highest BCUT2D eigenvalue weighted by molar-refractivity contribution is 6.41. The molecule has 0 spiro atoms. The Hall–Kier alpha value is -2.90. The number of Topliss-reactive ketones (excluding diaryl/α,β-unsaturated/α-hetero) is 2. The Labute approximate surface area is 131 Å². The minimum Gasteiger partial charge on any atom is -0.326 e. The summed E-state index contributed by atoms with van der Waals surface area (Å²) in [6.45, 7) is 8.14. The number of rotatable bonds is 2. The maximum Gasteiger partial charge on any atom is 0.458 e. The van der Waals surface area contributed by atoms with Gasteiger partial charge >= 0.3 is 23.9 Å². The number of hydrogen-bond acceptors (Lipinski definition) is 3. The zero-order chi connectivity index (χ0) is 19.1. The third-order valence-electron chi connectivity index (χ3n) is 2.04. The molecule has 5 nitrogen and oxygen atoms in total. The molecule has 1 aromatic rings. The third-order valence-corrected chi connectivity index (χ3v) is 2.04. The van der Waals surface area contributed by atoms with E-state index in [0.29, 0.717) is 5.69 Å². The largest absolute Gasteiger partial charge is 0.458 e. The molecule has 1 aromatic carbocycles. The van der Waals surface area contributed by atoms with E-state index >= 15 is 0 Å². The Bertz CT molecular complexity index is 632. The fraction of sp³-hybridized carbons (Fsp3) is 0.231. The van der Waals surface area contributed by atoms with E-state index < -0.39 is 23.9 Å². The van der Waals surface area contributed by atoms with Crippen LogP contribution in [0.15, 0.2) is 24.3 Å². The van der Waals surface area contributed by atoms with Crippen LogP contribution in [-0.2, 0) is 14.4 Å². The Balaban J connectivity index is 0.000000441. The van der Waals surface area contributed by atoms with E-state index in [1.54, 1.807) is 24.3 Å². The minimum absolute atomic E-state index is 0.106. The molecule has 0 heterocycles. The zero-order valence-electron chi connectivity index (χ0n) is 11.7. The van der Waals surface area contributed by atoms with Crippen molar-refractivity contribution in [1.82, 2.24) is 0 Å². The van der Waals surface area contributed by atoms with Crippen LogP contribution < -0.4 is 5.32 Å². The summed E-state index contributed by atoms with van der Waals surface area (Å²) in [5.41, 5.74) is 1.29. The van der Waals surface area contributed by atoms with Crippen LogP contribution in [0.2, 0.25) is 0 Å². The van der Waals surface area contributed by atoms with Gasteiger partial charge in [-0.1, -0.05) is 12.1 Å². The van der Waals surface area contributed by atoms with Crippen LogP contribution in [0.3, 0.4) is 0 Å². The first-order chi connectivity index (χ1) is 10.8. The van der Waals surface area contributed by atoms with Crippen LogP contribution in [0.1, 0.15) is 6.92 Å². The Kier molecular flexibility index (Phi) is 7.12. The molecule has 0 saturated carbocycles. The van der Waals surface area contributed by atoms with Gasteiger partial charge in [-0.05, 0) is 12.1 Å². The lowest BCUT2D eigenvalue weighted by molar-refractivity contribution is -0.193. The quantitative estimate of drug-likeness (QED) is 0.503. The summed E-state index contributed by atoms with van der Waals surface area (Å²) in [4.78, 5) is 33.1. The Morgan fingerprint density at radius 2 is 1.29 bits per heavy atom. The summed E-state index contributed by atoms with van der Waals surface area (Å²) in [5.74, 6) is -6.92. The number of carbonyl (C=O) groups excluding carboxylic acids is 3. The van der Waals surface area contributed by atoms with E-state index in [0.717, 1.165) is 5.69 Å². The van der Waals surface area contributed by atoms with Crippen molar-refractivity contribution in [1.29, 1.82) is 0 Å². The average Bonchev–Trinajstić information content (AvgIpc) is 2.44. The summed E-state index contributed by atoms with van der Waals surface area (Å²) in [6, 6.07) is 6.74. The Morgan fingerprint density at radius 1 is 0.917 bits per heavy atom. The number of hydrogen-bond donors (Lipinski definition) is 1. The molecule has 0 atom stereocenters. The summed E-state index contributed by atoms with van der Waals surface area (Å²) in [6.07, 6.45) is -11.5. The van der Waals surface area contributed by atoms with Crippen LogP contribution in [0.5, 0.6) is 0 Å². The minimum atomic E-state index is -5.77. The summed E-state index contributed by atoms with van der Waals surface area (Å²) >= 11 is 0. The number of anilines is 1. The zero-order valence-corrected chi connectivity index (χ0v) is 11.7. The van der Waals surface area contributed by atoms with Gasteiger partial charge < -0.3 is 5.32 Å². The van der Waals surface area contributed by atoms with Gasteiger partial charge in [-0.3, -0.25) is 14.4 Å². The molecular weight excluding hydrogens is 346 g/mol. The molecule has 0 aliphatic carbocycles. The number of benzene rings is 1. The van der Waals surface area contributed by atoms with Crippen molar-refractivity contribution in [2.75, 3.05) is 5.32 Å². The third kappa shape index (κ3) is 7.39. The molecule has 1 N–H and O–H groups in total. The second kappa shape index (κ2) is 8.09. The summed E-state index contributed by atoms with van der Waals surface area (Å²) in [7, 11) is 0. The van der Waals surface area contributed by atoms with Crippen molar-refractivity contribution >= 4 is 28.8 Å². The molecule has 0 aromatic heterocycles. The van der Waals surface area contributed by atoms with E-state index in [9.17, 15) is 40.7 Å². The van der Waals surface area contributed by atoms with E-state index in [4.69, 9.17) is 6.57 Å². The van der Waals surface area contributed by atoms with Gasteiger partial charge in [-0.2, -0.15) is 26.3 Å². The first kappa shape index (κ1) is 21.1. The van der Waals surface area contributed by atoms with Crippen molar-refractivity contribution in [2.45, 2.75) is 19.3 Å². The topological polar surface area (TPSA) is 67.6 Å². The van der Waals surface area contributed by atoms with Crippen molar-refractivity contribution in [3.05, 3.63) is 35.7 Å². The van der Waals surface area contributed by atoms with Crippen LogP contribution in [0.25, 0.3) is 4.85 Å². The van der Waals surface area contributed by atoms with Gasteiger partial charge in [0.25, 0.3) is 0 Å². The molecule has 1 amide bonds. The summed E-state index contributed by atoms with van der Waals surface area (Å²) in [5, 5.41) is 2.61. The first-order valence-corrected chi connectivity index (χ1v) is 5.76. The van der Waals surface area contributed by atoms with Crippen molar-refractivity contribution < 1.29 is 40.7 Å². The first-order valence-electron chi connectivity index (χ1n) is 5.76. The van der Waals surface area contributed by atoms with Crippen LogP contribution in [0, 0.1) is 6.57 Å². The number of amides is 1. The number of ketones is 2. The van der Waals surface area contributed by atoms with E-state index in [-0.39, 0.29) is 5.91 Å². The molecular formula is C13H8F6N2O3. The predicted octanol–water partition coefficient (Wildman–Crippen LogP) is 3.44. The molecule has 0 fully saturated rings. The number of carbonyl (C=O) groups is 3. The molecule has 0 aliphatic heterocycles. The van der Waals surface area contributed by atoms with E-state index in [2.05, 4.69) is 10.2 Å².